The maximum atomic E-state index is 12.4. The van der Waals surface area contributed by atoms with Crippen LogP contribution in [0.25, 0.3) is 22.0 Å². The first-order valence-corrected chi connectivity index (χ1v) is 8.72. The Hall–Kier alpha value is -3.60. The zero-order valence-electron chi connectivity index (χ0n) is 14.9. The highest BCUT2D eigenvalue weighted by atomic mass is 16.3. The van der Waals surface area contributed by atoms with Crippen molar-refractivity contribution in [1.29, 1.82) is 0 Å². The minimum atomic E-state index is -0.110. The number of benzene rings is 3. The quantitative estimate of drug-likeness (QED) is 0.506. The molecular formula is C22H19N3O2. The first-order chi connectivity index (χ1) is 13.1. The first kappa shape index (κ1) is 16.8. The molecule has 4 aromatic rings. The molecule has 1 amide bonds. The van der Waals surface area contributed by atoms with E-state index in [2.05, 4.69) is 15.5 Å². The van der Waals surface area contributed by atoms with E-state index in [0.717, 1.165) is 33.2 Å². The van der Waals surface area contributed by atoms with E-state index in [1.54, 1.807) is 12.1 Å². The topological polar surface area (TPSA) is 78.0 Å². The third-order valence-electron chi connectivity index (χ3n) is 4.55. The second kappa shape index (κ2) is 6.96. The van der Waals surface area contributed by atoms with Crippen LogP contribution < -0.4 is 5.32 Å². The van der Waals surface area contributed by atoms with Crippen molar-refractivity contribution in [2.45, 2.75) is 13.3 Å². The largest absolute Gasteiger partial charge is 0.508 e. The number of nitrogens with one attached hydrogen (secondary N) is 2. The summed E-state index contributed by atoms with van der Waals surface area (Å²) in [6.07, 6.45) is 0.297. The number of amides is 1. The van der Waals surface area contributed by atoms with E-state index in [1.165, 1.54) is 0 Å². The van der Waals surface area contributed by atoms with E-state index in [4.69, 9.17) is 0 Å². The van der Waals surface area contributed by atoms with Gasteiger partial charge in [-0.15, -0.1) is 0 Å². The molecule has 5 nitrogen and oxygen atoms in total. The molecule has 4 rings (SSSR count). The van der Waals surface area contributed by atoms with Crippen LogP contribution in [-0.2, 0) is 11.2 Å². The molecule has 27 heavy (non-hydrogen) atoms. The molecule has 1 heterocycles. The number of aromatic hydroxyl groups is 1. The minimum absolute atomic E-state index is 0.110. The van der Waals surface area contributed by atoms with Gasteiger partial charge in [-0.3, -0.25) is 9.89 Å². The van der Waals surface area contributed by atoms with E-state index in [-0.39, 0.29) is 11.7 Å². The average Bonchev–Trinajstić information content (AvgIpc) is 3.04. The smallest absolute Gasteiger partial charge is 0.230 e. The number of hydrogen-bond acceptors (Lipinski definition) is 3. The van der Waals surface area contributed by atoms with Crippen LogP contribution in [0.4, 0.5) is 5.82 Å². The van der Waals surface area contributed by atoms with Gasteiger partial charge in [0.15, 0.2) is 5.82 Å². The zero-order valence-corrected chi connectivity index (χ0v) is 14.9. The Morgan fingerprint density at radius 3 is 2.56 bits per heavy atom. The fourth-order valence-corrected chi connectivity index (χ4v) is 3.18. The lowest BCUT2D eigenvalue weighted by atomic mass is 9.98. The Balaban J connectivity index is 1.65. The third kappa shape index (κ3) is 3.53. The number of H-pyrrole nitrogens is 1. The number of nitrogens with zero attached hydrogens (tertiary/aromatic N) is 1. The van der Waals surface area contributed by atoms with Crippen LogP contribution >= 0.6 is 0 Å². The maximum Gasteiger partial charge on any atom is 0.230 e. The molecule has 1 aromatic heterocycles. The Bertz CT molecular complexity index is 1100. The highest BCUT2D eigenvalue weighted by Gasteiger charge is 2.13. The van der Waals surface area contributed by atoms with Crippen LogP contribution in [0.5, 0.6) is 5.75 Å². The Kier molecular flexibility index (Phi) is 4.34. The second-order valence-electron chi connectivity index (χ2n) is 6.54. The first-order valence-electron chi connectivity index (χ1n) is 8.72. The summed E-state index contributed by atoms with van der Waals surface area (Å²) in [5.41, 5.74) is 4.93. The number of phenols is 1. The van der Waals surface area contributed by atoms with Gasteiger partial charge in [0.1, 0.15) is 5.75 Å². The number of anilines is 1. The van der Waals surface area contributed by atoms with Crippen molar-refractivity contribution < 1.29 is 9.90 Å². The lowest BCUT2D eigenvalue weighted by Gasteiger charge is -2.08. The summed E-state index contributed by atoms with van der Waals surface area (Å²) in [5.74, 6) is 0.641. The van der Waals surface area contributed by atoms with Gasteiger partial charge in [-0.1, -0.05) is 42.5 Å². The van der Waals surface area contributed by atoms with Crippen molar-refractivity contribution in [2.24, 2.45) is 0 Å². The summed E-state index contributed by atoms with van der Waals surface area (Å²) in [5, 5.41) is 20.5. The van der Waals surface area contributed by atoms with Crippen molar-refractivity contribution in [3.8, 4) is 16.9 Å². The van der Waals surface area contributed by atoms with Crippen LogP contribution in [0, 0.1) is 6.92 Å². The number of carbonyl (C=O) groups is 1. The molecule has 0 unspecified atom stereocenters. The van der Waals surface area contributed by atoms with Crippen LogP contribution in [-0.4, -0.2) is 21.2 Å². The van der Waals surface area contributed by atoms with E-state index in [9.17, 15) is 9.90 Å². The molecule has 5 heteroatoms. The summed E-state index contributed by atoms with van der Waals surface area (Å²) in [6, 6.07) is 20.7. The molecule has 0 radical (unpaired) electrons. The fourth-order valence-electron chi connectivity index (χ4n) is 3.18. The molecule has 0 saturated carbocycles. The van der Waals surface area contributed by atoms with Crippen molar-refractivity contribution in [3.05, 3.63) is 77.9 Å². The van der Waals surface area contributed by atoms with Gasteiger partial charge in [-0.25, -0.2) is 0 Å². The van der Waals surface area contributed by atoms with Crippen molar-refractivity contribution >= 4 is 22.6 Å². The number of aromatic amines is 1. The number of carbonyl (C=O) groups excluding carboxylic acids is 1. The van der Waals surface area contributed by atoms with Crippen molar-refractivity contribution in [2.75, 3.05) is 5.32 Å². The number of aromatic nitrogens is 2. The standard InChI is InChI=1S/C22H19N3O2/c1-14-11-20-19(13-18(14)16-7-9-17(26)10-8-16)22(25-24-20)23-21(27)12-15-5-3-2-4-6-15/h2-11,13,26H,12H2,1H3,(H2,23,24,25,27). The Morgan fingerprint density at radius 1 is 1.07 bits per heavy atom. The summed E-state index contributed by atoms with van der Waals surface area (Å²) < 4.78 is 0. The van der Waals surface area contributed by atoms with E-state index < -0.39 is 0 Å². The summed E-state index contributed by atoms with van der Waals surface area (Å²) in [4.78, 5) is 12.4. The lowest BCUT2D eigenvalue weighted by Crippen LogP contribution is -2.14. The fraction of sp³-hybridized carbons (Fsp3) is 0.0909. The molecular weight excluding hydrogens is 338 g/mol. The van der Waals surface area contributed by atoms with Gasteiger partial charge in [-0.05, 0) is 53.4 Å². The molecule has 0 aliphatic carbocycles. The number of fused-ring (bicyclic) bond motifs is 1. The molecule has 0 bridgehead atoms. The number of hydrogen-bond donors (Lipinski definition) is 3. The Morgan fingerprint density at radius 2 is 1.81 bits per heavy atom. The number of aryl methyl sites for hydroxylation is 1. The SMILES string of the molecule is Cc1cc2[nH]nc(NC(=O)Cc3ccccc3)c2cc1-c1ccc(O)cc1. The predicted octanol–water partition coefficient (Wildman–Crippen LogP) is 4.43. The van der Waals surface area contributed by atoms with Crippen LogP contribution in [0.3, 0.4) is 0 Å². The Labute approximate surface area is 156 Å². The van der Waals surface area contributed by atoms with Crippen LogP contribution in [0.15, 0.2) is 66.7 Å². The van der Waals surface area contributed by atoms with Gasteiger partial charge in [0, 0.05) is 5.39 Å². The monoisotopic (exact) mass is 357 g/mol. The summed E-state index contributed by atoms with van der Waals surface area (Å²) >= 11 is 0. The van der Waals surface area contributed by atoms with Gasteiger partial charge in [0.2, 0.25) is 5.91 Å². The van der Waals surface area contributed by atoms with E-state index in [0.29, 0.717) is 12.2 Å². The van der Waals surface area contributed by atoms with Crippen LogP contribution in [0.2, 0.25) is 0 Å². The van der Waals surface area contributed by atoms with Crippen LogP contribution in [0.1, 0.15) is 11.1 Å². The molecule has 0 atom stereocenters. The molecule has 3 N–H and O–H groups in total. The number of phenolic OH excluding ortho intramolecular Hbond substituents is 1. The minimum Gasteiger partial charge on any atom is -0.508 e. The summed E-state index contributed by atoms with van der Waals surface area (Å²) in [6.45, 7) is 2.02. The highest BCUT2D eigenvalue weighted by Crippen LogP contribution is 2.31. The molecule has 0 spiro atoms. The van der Waals surface area contributed by atoms with Gasteiger partial charge in [0.25, 0.3) is 0 Å². The lowest BCUT2D eigenvalue weighted by molar-refractivity contribution is -0.115. The number of rotatable bonds is 4. The molecule has 0 aliphatic heterocycles. The second-order valence-corrected chi connectivity index (χ2v) is 6.54. The maximum absolute atomic E-state index is 12.4. The molecule has 0 fully saturated rings. The van der Waals surface area contributed by atoms with Gasteiger partial charge >= 0.3 is 0 Å². The molecule has 3 aromatic carbocycles. The zero-order chi connectivity index (χ0) is 18.8. The van der Waals surface area contributed by atoms with Gasteiger partial charge in [0.05, 0.1) is 11.9 Å². The van der Waals surface area contributed by atoms with E-state index >= 15 is 0 Å². The van der Waals surface area contributed by atoms with Gasteiger partial charge < -0.3 is 10.4 Å². The molecule has 0 aliphatic rings. The predicted molar refractivity (Wildman–Crippen MR) is 107 cm³/mol. The summed E-state index contributed by atoms with van der Waals surface area (Å²) in [7, 11) is 0. The van der Waals surface area contributed by atoms with Crippen molar-refractivity contribution in [1.82, 2.24) is 10.2 Å². The molecule has 0 saturated heterocycles. The highest BCUT2D eigenvalue weighted by molar-refractivity contribution is 6.02. The third-order valence-corrected chi connectivity index (χ3v) is 4.55. The molecule has 134 valence electrons. The van der Waals surface area contributed by atoms with E-state index in [1.807, 2.05) is 61.5 Å². The normalized spacial score (nSPS) is 10.9. The average molecular weight is 357 g/mol. The van der Waals surface area contributed by atoms with Crippen molar-refractivity contribution in [3.63, 3.8) is 0 Å². The van der Waals surface area contributed by atoms with Gasteiger partial charge in [-0.2, -0.15) is 5.10 Å².